The molecule has 0 radical (unpaired) electrons. The van der Waals surface area contributed by atoms with Gasteiger partial charge in [0.2, 0.25) is 0 Å². The van der Waals surface area contributed by atoms with E-state index < -0.39 is 17.5 Å². The number of nitrogens with one attached hydrogen (secondary N) is 2. The first-order chi connectivity index (χ1) is 12.3. The van der Waals surface area contributed by atoms with E-state index in [-0.39, 0.29) is 6.54 Å². The highest BCUT2D eigenvalue weighted by Crippen LogP contribution is 2.27. The second kappa shape index (κ2) is 8.35. The molecule has 0 aromatic carbocycles. The fourth-order valence-electron chi connectivity index (χ4n) is 2.69. The lowest BCUT2D eigenvalue weighted by molar-refractivity contribution is -0.154. The molecule has 8 nitrogen and oxygen atoms in total. The van der Waals surface area contributed by atoms with Gasteiger partial charge in [0.1, 0.15) is 30.1 Å². The minimum absolute atomic E-state index is 0.219. The number of hydrogen-bond acceptors (Lipinski definition) is 7. The SMILES string of the molecule is CCCCC1=CC(OC)=C(C(=O)NCC(=O)OC(C)(C)C)C2=NCNN12. The number of hydrazine groups is 1. The highest BCUT2D eigenvalue weighted by Gasteiger charge is 2.34. The van der Waals surface area contributed by atoms with Crippen molar-refractivity contribution in [1.29, 1.82) is 0 Å². The Labute approximate surface area is 154 Å². The number of amides is 1. The molecule has 0 aromatic heterocycles. The van der Waals surface area contributed by atoms with Crippen LogP contribution in [0.5, 0.6) is 0 Å². The molecule has 2 heterocycles. The van der Waals surface area contributed by atoms with Crippen LogP contribution in [0.25, 0.3) is 0 Å². The quantitative estimate of drug-likeness (QED) is 0.667. The van der Waals surface area contributed by atoms with Gasteiger partial charge in [0.25, 0.3) is 5.91 Å². The average Bonchev–Trinajstić information content (AvgIpc) is 3.04. The van der Waals surface area contributed by atoms with Gasteiger partial charge in [-0.25, -0.2) is 10.4 Å². The molecule has 0 saturated carbocycles. The third kappa shape index (κ3) is 4.85. The highest BCUT2D eigenvalue weighted by atomic mass is 16.6. The Morgan fingerprint density at radius 3 is 2.73 bits per heavy atom. The van der Waals surface area contributed by atoms with Gasteiger partial charge in [-0.3, -0.25) is 14.6 Å². The first-order valence-electron chi connectivity index (χ1n) is 8.84. The van der Waals surface area contributed by atoms with Crippen molar-refractivity contribution in [2.24, 2.45) is 4.99 Å². The van der Waals surface area contributed by atoms with Crippen LogP contribution in [0.15, 0.2) is 28.1 Å². The van der Waals surface area contributed by atoms with Crippen molar-refractivity contribution < 1.29 is 19.1 Å². The van der Waals surface area contributed by atoms with Gasteiger partial charge >= 0.3 is 5.97 Å². The van der Waals surface area contributed by atoms with E-state index in [0.29, 0.717) is 23.8 Å². The average molecular weight is 364 g/mol. The molecule has 2 N–H and O–H groups in total. The Morgan fingerprint density at radius 2 is 2.12 bits per heavy atom. The molecule has 26 heavy (non-hydrogen) atoms. The number of methoxy groups -OCH3 is 1. The number of amidine groups is 1. The fraction of sp³-hybridized carbons (Fsp3) is 0.611. The molecule has 8 heteroatoms. The molecular weight excluding hydrogens is 336 g/mol. The van der Waals surface area contributed by atoms with Crippen molar-refractivity contribution in [2.75, 3.05) is 20.3 Å². The fourth-order valence-corrected chi connectivity index (χ4v) is 2.69. The minimum atomic E-state index is -0.600. The summed E-state index contributed by atoms with van der Waals surface area (Å²) in [6.45, 7) is 7.62. The summed E-state index contributed by atoms with van der Waals surface area (Å²) in [4.78, 5) is 28.9. The zero-order valence-electron chi connectivity index (χ0n) is 16.1. The highest BCUT2D eigenvalue weighted by molar-refractivity contribution is 6.22. The van der Waals surface area contributed by atoms with Gasteiger partial charge in [-0.05, 0) is 33.6 Å². The normalized spacial score (nSPS) is 16.7. The molecule has 0 atom stereocenters. The van der Waals surface area contributed by atoms with Crippen molar-refractivity contribution in [3.05, 3.63) is 23.1 Å². The molecule has 2 aliphatic rings. The Hall–Kier alpha value is -2.35. The summed E-state index contributed by atoms with van der Waals surface area (Å²) >= 11 is 0. The van der Waals surface area contributed by atoms with Crippen LogP contribution < -0.4 is 10.7 Å². The number of rotatable bonds is 7. The summed E-state index contributed by atoms with van der Waals surface area (Å²) in [7, 11) is 1.52. The van der Waals surface area contributed by atoms with E-state index in [1.165, 1.54) is 7.11 Å². The van der Waals surface area contributed by atoms with Gasteiger partial charge in [-0.1, -0.05) is 13.3 Å². The number of allylic oxidation sites excluding steroid dienone is 2. The van der Waals surface area contributed by atoms with Gasteiger partial charge in [0.05, 0.1) is 7.11 Å². The van der Waals surface area contributed by atoms with Crippen LogP contribution in [0.4, 0.5) is 0 Å². The Kier molecular flexibility index (Phi) is 6.42. The number of carbonyl (C=O) groups is 2. The van der Waals surface area contributed by atoms with Crippen LogP contribution >= 0.6 is 0 Å². The molecule has 2 rings (SSSR count). The standard InChI is InChI=1S/C18H28N4O4/c1-6-7-8-12-9-13(25-5)15(16-20-11-21-22(12)16)17(24)19-10-14(23)26-18(2,3)4/h9,21H,6-8,10-11H2,1-5H3,(H,19,24). The third-order valence-electron chi connectivity index (χ3n) is 3.77. The van der Waals surface area contributed by atoms with Gasteiger partial charge in [0.15, 0.2) is 5.84 Å². The van der Waals surface area contributed by atoms with Crippen molar-refractivity contribution in [3.8, 4) is 0 Å². The lowest BCUT2D eigenvalue weighted by Crippen LogP contribution is -2.44. The van der Waals surface area contributed by atoms with Crippen LogP contribution in [-0.2, 0) is 19.1 Å². The number of aliphatic imine (C=N–C) groups is 1. The Bertz CT molecular complexity index is 659. The summed E-state index contributed by atoms with van der Waals surface area (Å²) in [5.74, 6) is 0.0309. The van der Waals surface area contributed by atoms with Crippen LogP contribution in [0.3, 0.4) is 0 Å². The molecule has 144 valence electrons. The van der Waals surface area contributed by atoms with Crippen LogP contribution in [0.2, 0.25) is 0 Å². The maximum absolute atomic E-state index is 12.7. The van der Waals surface area contributed by atoms with Gasteiger partial charge in [-0.15, -0.1) is 0 Å². The van der Waals surface area contributed by atoms with Crippen molar-refractivity contribution in [1.82, 2.24) is 15.8 Å². The lowest BCUT2D eigenvalue weighted by Gasteiger charge is -2.29. The number of hydrogen-bond donors (Lipinski definition) is 2. The maximum atomic E-state index is 12.7. The predicted octanol–water partition coefficient (Wildman–Crippen LogP) is 1.61. The number of fused-ring (bicyclic) bond motifs is 1. The second-order valence-electron chi connectivity index (χ2n) is 7.09. The molecule has 0 spiro atoms. The molecule has 0 aliphatic carbocycles. The minimum Gasteiger partial charge on any atom is -0.496 e. The number of nitrogens with zero attached hydrogens (tertiary/aromatic N) is 2. The largest absolute Gasteiger partial charge is 0.496 e. The lowest BCUT2D eigenvalue weighted by atomic mass is 10.0. The summed E-state index contributed by atoms with van der Waals surface area (Å²) in [5.41, 5.74) is 3.85. The zero-order chi connectivity index (χ0) is 19.3. The second-order valence-corrected chi connectivity index (χ2v) is 7.09. The van der Waals surface area contributed by atoms with Crippen LogP contribution in [-0.4, -0.2) is 48.6 Å². The third-order valence-corrected chi connectivity index (χ3v) is 3.77. The number of ether oxygens (including phenoxy) is 2. The molecule has 0 fully saturated rings. The number of unbranched alkanes of at least 4 members (excludes halogenated alkanes) is 1. The monoisotopic (exact) mass is 364 g/mol. The smallest absolute Gasteiger partial charge is 0.325 e. The van der Waals surface area contributed by atoms with Gasteiger partial charge in [0, 0.05) is 11.8 Å². The van der Waals surface area contributed by atoms with E-state index >= 15 is 0 Å². The van der Waals surface area contributed by atoms with Crippen LogP contribution in [0, 0.1) is 0 Å². The molecular formula is C18H28N4O4. The summed E-state index contributed by atoms with van der Waals surface area (Å²) in [6.07, 6.45) is 4.78. The van der Waals surface area contributed by atoms with Crippen molar-refractivity contribution >= 4 is 17.7 Å². The Balaban J connectivity index is 2.16. The van der Waals surface area contributed by atoms with Gasteiger partial charge in [-0.2, -0.15) is 0 Å². The zero-order valence-corrected chi connectivity index (χ0v) is 16.1. The topological polar surface area (TPSA) is 92.3 Å². The molecule has 0 bridgehead atoms. The van der Waals surface area contributed by atoms with Gasteiger partial charge < -0.3 is 14.8 Å². The van der Waals surface area contributed by atoms with E-state index in [1.54, 1.807) is 20.8 Å². The molecule has 2 aliphatic heterocycles. The van der Waals surface area contributed by atoms with Crippen molar-refractivity contribution in [2.45, 2.75) is 52.6 Å². The number of esters is 1. The number of carbonyl (C=O) groups excluding carboxylic acids is 2. The predicted molar refractivity (Wildman–Crippen MR) is 97.8 cm³/mol. The van der Waals surface area contributed by atoms with Crippen LogP contribution in [0.1, 0.15) is 47.0 Å². The summed E-state index contributed by atoms with van der Waals surface area (Å²) in [6, 6.07) is 0. The van der Waals surface area contributed by atoms with E-state index in [9.17, 15) is 9.59 Å². The van der Waals surface area contributed by atoms with E-state index in [2.05, 4.69) is 22.7 Å². The van der Waals surface area contributed by atoms with E-state index in [4.69, 9.17) is 9.47 Å². The first-order valence-corrected chi connectivity index (χ1v) is 8.84. The molecule has 1 amide bonds. The Morgan fingerprint density at radius 1 is 1.38 bits per heavy atom. The summed E-state index contributed by atoms with van der Waals surface area (Å²) < 4.78 is 10.6. The van der Waals surface area contributed by atoms with E-state index in [1.807, 2.05) is 11.1 Å². The molecule has 0 aromatic rings. The maximum Gasteiger partial charge on any atom is 0.325 e. The first kappa shape index (κ1) is 20.0. The molecule has 0 saturated heterocycles. The van der Waals surface area contributed by atoms with E-state index in [0.717, 1.165) is 25.0 Å². The van der Waals surface area contributed by atoms with Crippen molar-refractivity contribution in [3.63, 3.8) is 0 Å². The molecule has 0 unspecified atom stereocenters. The summed E-state index contributed by atoms with van der Waals surface area (Å²) in [5, 5.41) is 4.41.